The van der Waals surface area contributed by atoms with Gasteiger partial charge in [-0.05, 0) is 47.5 Å². The van der Waals surface area contributed by atoms with Crippen molar-refractivity contribution in [3.05, 3.63) is 143 Å². The van der Waals surface area contributed by atoms with Gasteiger partial charge in [-0.2, -0.15) is 27.0 Å². The summed E-state index contributed by atoms with van der Waals surface area (Å²) in [6.07, 6.45) is 5.79. The van der Waals surface area contributed by atoms with Crippen LogP contribution in [-0.4, -0.2) is 48.9 Å². The maximum absolute atomic E-state index is 12.9. The van der Waals surface area contributed by atoms with E-state index >= 15 is 0 Å². The Kier molecular flexibility index (Phi) is 8.56. The lowest BCUT2D eigenvalue weighted by Crippen LogP contribution is -2.22. The molecule has 6 rings (SSSR count). The van der Waals surface area contributed by atoms with Crippen molar-refractivity contribution < 1.29 is 35.5 Å². The van der Waals surface area contributed by atoms with Crippen LogP contribution in [0.2, 0.25) is 0 Å². The van der Waals surface area contributed by atoms with Crippen LogP contribution in [0, 0.1) is 0 Å². The number of hydrogen-bond acceptors (Lipinski definition) is 10. The molecule has 0 atom stereocenters. The molecule has 0 aliphatic heterocycles. The number of allylic oxidation sites excluding steroid dienone is 2. The summed E-state index contributed by atoms with van der Waals surface area (Å²) in [6.45, 7) is 0. The molecule has 0 fully saturated rings. The number of carbonyl (C=O) groups excluding carboxylic acids is 2. The summed E-state index contributed by atoms with van der Waals surface area (Å²) in [5.74, 6) is -0.981. The van der Waals surface area contributed by atoms with E-state index in [0.717, 1.165) is 23.3 Å². The quantitative estimate of drug-likeness (QED) is 0.103. The third-order valence-corrected chi connectivity index (χ3v) is 9.12. The smallest absolute Gasteiger partial charge is 0.287 e. The number of fused-ring (bicyclic) bond motifs is 2. The lowest BCUT2D eigenvalue weighted by molar-refractivity contribution is 0.105. The Balaban J connectivity index is 1.11. The molecular weight excluding hydrogens is 657 g/mol. The molecule has 2 aliphatic carbocycles. The zero-order valence-electron chi connectivity index (χ0n) is 24.6. The maximum atomic E-state index is 12.9. The lowest BCUT2D eigenvalue weighted by Gasteiger charge is -2.16. The van der Waals surface area contributed by atoms with Crippen LogP contribution < -0.4 is 10.9 Å². The third kappa shape index (κ3) is 6.82. The number of hydrazone groups is 2. The van der Waals surface area contributed by atoms with Gasteiger partial charge in [0.05, 0.1) is 11.4 Å². The molecule has 4 aromatic carbocycles. The van der Waals surface area contributed by atoms with Gasteiger partial charge in [0.25, 0.3) is 20.2 Å². The fourth-order valence-corrected chi connectivity index (χ4v) is 6.41. The number of nitrogens with zero attached hydrogens (tertiary/aromatic N) is 2. The number of hydrogen-bond donors (Lipinski definition) is 4. The Labute approximate surface area is 275 Å². The number of rotatable bonds is 8. The summed E-state index contributed by atoms with van der Waals surface area (Å²) in [5.41, 5.74) is 8.33. The standard InChI is InChI=1S/C34H24N4O8S2/c39-33-27-7-3-1-5-25(27)31(47(41,42)43)19-29(33)37-35-23-15-11-21(12-16-23)9-10-22-13-17-24(18-14-22)36-38-30-20-32(48(44,45)46)26-6-2-4-8-28(26)34(30)40/h1-20,35-36H,(H,41,42,43)(H,44,45,46)/b10-9+,37-29-,38-30+. The summed E-state index contributed by atoms with van der Waals surface area (Å²) in [4.78, 5) is 24.9. The molecule has 12 nitrogen and oxygen atoms in total. The topological polar surface area (TPSA) is 192 Å². The van der Waals surface area contributed by atoms with Crippen LogP contribution in [0.5, 0.6) is 0 Å². The van der Waals surface area contributed by atoms with Crippen LogP contribution in [0.25, 0.3) is 22.0 Å². The van der Waals surface area contributed by atoms with E-state index in [1.165, 1.54) is 24.3 Å². The van der Waals surface area contributed by atoms with Gasteiger partial charge in [-0.1, -0.05) is 84.9 Å². The highest BCUT2D eigenvalue weighted by Gasteiger charge is 2.31. The van der Waals surface area contributed by atoms with E-state index in [0.29, 0.717) is 11.4 Å². The Morgan fingerprint density at radius 1 is 0.500 bits per heavy atom. The van der Waals surface area contributed by atoms with Crippen molar-refractivity contribution >= 4 is 76.6 Å². The molecule has 0 unspecified atom stereocenters. The van der Waals surface area contributed by atoms with Gasteiger partial charge >= 0.3 is 0 Å². The minimum atomic E-state index is -4.60. The zero-order chi connectivity index (χ0) is 34.1. The van der Waals surface area contributed by atoms with E-state index in [2.05, 4.69) is 21.1 Å². The van der Waals surface area contributed by atoms with Crippen LogP contribution in [-0.2, 0) is 20.2 Å². The van der Waals surface area contributed by atoms with Crippen molar-refractivity contribution in [1.82, 2.24) is 0 Å². The first-order valence-corrected chi connectivity index (χ1v) is 17.0. The summed E-state index contributed by atoms with van der Waals surface area (Å²) >= 11 is 0. The third-order valence-electron chi connectivity index (χ3n) is 7.33. The molecule has 4 aromatic rings. The second-order valence-electron chi connectivity index (χ2n) is 10.5. The van der Waals surface area contributed by atoms with Crippen LogP contribution in [0.15, 0.2) is 119 Å². The summed E-state index contributed by atoms with van der Waals surface area (Å²) < 4.78 is 67.0. The van der Waals surface area contributed by atoms with Gasteiger partial charge < -0.3 is 0 Å². The van der Waals surface area contributed by atoms with E-state index in [-0.39, 0.29) is 33.7 Å². The van der Waals surface area contributed by atoms with Gasteiger partial charge in [-0.25, -0.2) is 0 Å². The minimum absolute atomic E-state index is 0.108. The predicted molar refractivity (Wildman–Crippen MR) is 185 cm³/mol. The Morgan fingerprint density at radius 2 is 0.833 bits per heavy atom. The van der Waals surface area contributed by atoms with Gasteiger partial charge in [0.15, 0.2) is 0 Å². The fourth-order valence-electron chi connectivity index (χ4n) is 4.98. The highest BCUT2D eigenvalue weighted by Crippen LogP contribution is 2.30. The molecule has 0 saturated carbocycles. The summed E-state index contributed by atoms with van der Waals surface area (Å²) in [7, 11) is -9.20. The van der Waals surface area contributed by atoms with Crippen molar-refractivity contribution in [3.8, 4) is 0 Å². The van der Waals surface area contributed by atoms with Crippen molar-refractivity contribution in [2.75, 3.05) is 10.9 Å². The molecule has 0 heterocycles. The summed E-state index contributed by atoms with van der Waals surface area (Å²) in [6, 6.07) is 26.2. The van der Waals surface area contributed by atoms with Crippen LogP contribution >= 0.6 is 0 Å². The highest BCUT2D eigenvalue weighted by atomic mass is 32.2. The van der Waals surface area contributed by atoms with Crippen molar-refractivity contribution in [2.24, 2.45) is 10.2 Å². The van der Waals surface area contributed by atoms with Gasteiger partial charge in [-0.15, -0.1) is 0 Å². The number of anilines is 2. The van der Waals surface area contributed by atoms with Gasteiger partial charge in [0.1, 0.15) is 21.2 Å². The first-order chi connectivity index (χ1) is 22.9. The second-order valence-corrected chi connectivity index (χ2v) is 13.3. The molecule has 0 bridgehead atoms. The summed E-state index contributed by atoms with van der Waals surface area (Å²) in [5, 5.41) is 8.15. The highest BCUT2D eigenvalue weighted by molar-refractivity contribution is 7.95. The zero-order valence-corrected chi connectivity index (χ0v) is 26.2. The molecule has 0 aromatic heterocycles. The first kappa shape index (κ1) is 32.2. The fraction of sp³-hybridized carbons (Fsp3) is 0. The van der Waals surface area contributed by atoms with E-state index in [9.17, 15) is 35.5 Å². The molecule has 14 heteroatoms. The Bertz CT molecular complexity index is 2190. The molecule has 0 amide bonds. The maximum Gasteiger partial charge on any atom is 0.295 e. The van der Waals surface area contributed by atoms with Gasteiger partial charge in [0.2, 0.25) is 11.6 Å². The van der Waals surface area contributed by atoms with Crippen molar-refractivity contribution in [2.45, 2.75) is 0 Å². The van der Waals surface area contributed by atoms with Crippen LogP contribution in [0.1, 0.15) is 43.0 Å². The van der Waals surface area contributed by atoms with Gasteiger partial charge in [-0.3, -0.25) is 29.5 Å². The SMILES string of the molecule is O=C1/C(=N\Nc2ccc(/C=C/c3ccc(N/N=C4\C=C(S(=O)(=O)O)c5ccccc5C4=O)cc3)cc2)C=C(S(=O)(=O)O)c2ccccc21. The monoisotopic (exact) mass is 680 g/mol. The van der Waals surface area contributed by atoms with E-state index in [1.54, 1.807) is 72.8 Å². The Morgan fingerprint density at radius 3 is 1.17 bits per heavy atom. The molecule has 0 saturated heterocycles. The normalized spacial score (nSPS) is 16.4. The molecule has 0 radical (unpaired) electrons. The Hall–Kier alpha value is -5.80. The average Bonchev–Trinajstić information content (AvgIpc) is 3.07. The first-order valence-electron chi connectivity index (χ1n) is 14.1. The number of nitrogens with one attached hydrogen (secondary N) is 2. The largest absolute Gasteiger partial charge is 0.295 e. The van der Waals surface area contributed by atoms with E-state index in [4.69, 9.17) is 0 Å². The second kappa shape index (κ2) is 12.8. The van der Waals surface area contributed by atoms with Crippen molar-refractivity contribution in [1.29, 1.82) is 0 Å². The number of ketones is 2. The number of Topliss-reactive ketones (excluding diaryl/α,β-unsaturated/α-hetero) is 2. The molecule has 2 aliphatic rings. The predicted octanol–water partition coefficient (Wildman–Crippen LogP) is 5.64. The molecule has 0 spiro atoms. The van der Waals surface area contributed by atoms with Crippen LogP contribution in [0.4, 0.5) is 11.4 Å². The minimum Gasteiger partial charge on any atom is -0.287 e. The van der Waals surface area contributed by atoms with Gasteiger partial charge in [0, 0.05) is 22.3 Å². The number of benzene rings is 4. The molecular formula is C34H24N4O8S2. The van der Waals surface area contributed by atoms with E-state index < -0.39 is 41.6 Å². The van der Waals surface area contributed by atoms with Crippen LogP contribution in [0.3, 0.4) is 0 Å². The lowest BCUT2D eigenvalue weighted by atomic mass is 9.95. The molecule has 4 N–H and O–H groups in total. The van der Waals surface area contributed by atoms with Crippen molar-refractivity contribution in [3.63, 3.8) is 0 Å². The molecule has 240 valence electrons. The molecule has 48 heavy (non-hydrogen) atoms. The van der Waals surface area contributed by atoms with E-state index in [1.807, 2.05) is 12.2 Å². The average molecular weight is 681 g/mol. The number of carbonyl (C=O) groups is 2.